The second-order valence-corrected chi connectivity index (χ2v) is 6.93. The van der Waals surface area contributed by atoms with Gasteiger partial charge < -0.3 is 15.6 Å². The van der Waals surface area contributed by atoms with Crippen LogP contribution in [0, 0.1) is 0 Å². The number of carbonyl (C=O) groups excluding carboxylic acids is 1. The first-order chi connectivity index (χ1) is 11.2. The third-order valence-corrected chi connectivity index (χ3v) is 5.54. The number of H-pyrrole nitrogens is 1. The molecule has 5 nitrogen and oxygen atoms in total. The summed E-state index contributed by atoms with van der Waals surface area (Å²) in [5, 5.41) is 0. The molecule has 122 valence electrons. The van der Waals surface area contributed by atoms with Crippen molar-refractivity contribution in [3.63, 3.8) is 0 Å². The standard InChI is InChI=1S/C18H24N4O/c19-17(23)14-4-3-5-15-16(14)21-18(20-15)12-6-8-13(9-7-12)22-10-1-2-11-22/h3-5,12-13H,1-2,6-11H2,(H2,19,23)(H,20,21)/t12-,13+. The van der Waals surface area contributed by atoms with Crippen LogP contribution < -0.4 is 5.73 Å². The molecule has 2 aliphatic rings. The van der Waals surface area contributed by atoms with Gasteiger partial charge in [-0.05, 0) is 63.7 Å². The first-order valence-corrected chi connectivity index (χ1v) is 8.75. The van der Waals surface area contributed by atoms with Crippen LogP contribution in [-0.4, -0.2) is 39.9 Å². The van der Waals surface area contributed by atoms with Crippen molar-refractivity contribution in [3.8, 4) is 0 Å². The number of rotatable bonds is 3. The first-order valence-electron chi connectivity index (χ1n) is 8.75. The van der Waals surface area contributed by atoms with E-state index in [9.17, 15) is 4.79 Å². The Kier molecular flexibility index (Phi) is 3.81. The number of hydrogen-bond acceptors (Lipinski definition) is 3. The number of amides is 1. The average Bonchev–Trinajstić information content (AvgIpc) is 3.24. The molecule has 4 rings (SSSR count). The smallest absolute Gasteiger partial charge is 0.250 e. The maximum Gasteiger partial charge on any atom is 0.250 e. The molecule has 1 saturated heterocycles. The Labute approximate surface area is 136 Å². The van der Waals surface area contributed by atoms with E-state index in [1.54, 1.807) is 6.07 Å². The largest absolute Gasteiger partial charge is 0.366 e. The fourth-order valence-electron chi connectivity index (χ4n) is 4.27. The predicted octanol–water partition coefficient (Wildman–Crippen LogP) is 2.78. The Hall–Kier alpha value is -1.88. The van der Waals surface area contributed by atoms with Crippen molar-refractivity contribution in [1.82, 2.24) is 14.9 Å². The van der Waals surface area contributed by atoms with Crippen molar-refractivity contribution in [2.75, 3.05) is 13.1 Å². The number of benzene rings is 1. The van der Waals surface area contributed by atoms with Gasteiger partial charge >= 0.3 is 0 Å². The van der Waals surface area contributed by atoms with Crippen LogP contribution in [0.15, 0.2) is 18.2 Å². The van der Waals surface area contributed by atoms with Crippen molar-refractivity contribution in [2.45, 2.75) is 50.5 Å². The van der Waals surface area contributed by atoms with Gasteiger partial charge in [0.2, 0.25) is 0 Å². The topological polar surface area (TPSA) is 75.0 Å². The number of likely N-dealkylation sites (tertiary alicyclic amines) is 1. The molecule has 5 heteroatoms. The molecule has 1 saturated carbocycles. The molecule has 2 aromatic rings. The van der Waals surface area contributed by atoms with Crippen LogP contribution in [0.4, 0.5) is 0 Å². The number of carbonyl (C=O) groups is 1. The van der Waals surface area contributed by atoms with Crippen molar-refractivity contribution in [2.24, 2.45) is 5.73 Å². The van der Waals surface area contributed by atoms with Gasteiger partial charge in [0.1, 0.15) is 5.82 Å². The minimum absolute atomic E-state index is 0.399. The van der Waals surface area contributed by atoms with Crippen LogP contribution in [-0.2, 0) is 0 Å². The number of aromatic nitrogens is 2. The van der Waals surface area contributed by atoms with Crippen molar-refractivity contribution in [3.05, 3.63) is 29.6 Å². The summed E-state index contributed by atoms with van der Waals surface area (Å²) in [5.74, 6) is 1.10. The van der Waals surface area contributed by atoms with E-state index >= 15 is 0 Å². The summed E-state index contributed by atoms with van der Waals surface area (Å²) in [6, 6.07) is 6.31. The van der Waals surface area contributed by atoms with E-state index in [0.717, 1.165) is 22.9 Å². The molecular formula is C18H24N4O. The van der Waals surface area contributed by atoms with Gasteiger partial charge in [-0.1, -0.05) is 6.07 Å². The summed E-state index contributed by atoms with van der Waals surface area (Å²) in [4.78, 5) is 22.3. The summed E-state index contributed by atoms with van der Waals surface area (Å²) in [6.07, 6.45) is 7.58. The van der Waals surface area contributed by atoms with E-state index in [2.05, 4.69) is 9.88 Å². The maximum atomic E-state index is 11.6. The number of nitrogens with zero attached hydrogens (tertiary/aromatic N) is 2. The van der Waals surface area contributed by atoms with Gasteiger partial charge in [0.15, 0.2) is 0 Å². The molecule has 0 atom stereocenters. The summed E-state index contributed by atoms with van der Waals surface area (Å²) in [7, 11) is 0. The molecule has 1 amide bonds. The molecule has 23 heavy (non-hydrogen) atoms. The van der Waals surface area contributed by atoms with E-state index < -0.39 is 5.91 Å². The lowest BCUT2D eigenvalue weighted by molar-refractivity contribution is 0.100. The Morgan fingerprint density at radius 1 is 1.17 bits per heavy atom. The SMILES string of the molecule is NC(=O)c1cccc2nc([C@H]3CC[C@@H](N4CCCC4)CC3)[nH]c12. The fourth-order valence-corrected chi connectivity index (χ4v) is 4.27. The number of nitrogens with one attached hydrogen (secondary N) is 1. The lowest BCUT2D eigenvalue weighted by Gasteiger charge is -2.33. The Morgan fingerprint density at radius 2 is 1.91 bits per heavy atom. The van der Waals surface area contributed by atoms with Gasteiger partial charge in [-0.15, -0.1) is 0 Å². The highest BCUT2D eigenvalue weighted by Gasteiger charge is 2.29. The highest BCUT2D eigenvalue weighted by Crippen LogP contribution is 2.35. The van der Waals surface area contributed by atoms with Crippen LogP contribution in [0.2, 0.25) is 0 Å². The highest BCUT2D eigenvalue weighted by atomic mass is 16.1. The third-order valence-electron chi connectivity index (χ3n) is 5.54. The molecule has 2 heterocycles. The lowest BCUT2D eigenvalue weighted by Crippen LogP contribution is -2.35. The molecule has 3 N–H and O–H groups in total. The minimum Gasteiger partial charge on any atom is -0.366 e. The van der Waals surface area contributed by atoms with Crippen molar-refractivity contribution >= 4 is 16.9 Å². The minimum atomic E-state index is -0.399. The van der Waals surface area contributed by atoms with Crippen LogP contribution >= 0.6 is 0 Å². The van der Waals surface area contributed by atoms with E-state index in [1.807, 2.05) is 12.1 Å². The zero-order chi connectivity index (χ0) is 15.8. The molecule has 1 aliphatic carbocycles. The van der Waals surface area contributed by atoms with Gasteiger partial charge in [0.25, 0.3) is 5.91 Å². The lowest BCUT2D eigenvalue weighted by atomic mass is 9.85. The fraction of sp³-hybridized carbons (Fsp3) is 0.556. The van der Waals surface area contributed by atoms with Crippen LogP contribution in [0.3, 0.4) is 0 Å². The summed E-state index contributed by atoms with van der Waals surface area (Å²) >= 11 is 0. The summed E-state index contributed by atoms with van der Waals surface area (Å²) in [6.45, 7) is 2.56. The average molecular weight is 312 g/mol. The number of para-hydroxylation sites is 1. The second kappa shape index (κ2) is 5.96. The van der Waals surface area contributed by atoms with Gasteiger partial charge in [-0.25, -0.2) is 4.98 Å². The van der Waals surface area contributed by atoms with Crippen LogP contribution in [0.1, 0.15) is 60.6 Å². The number of nitrogens with two attached hydrogens (primary N) is 1. The maximum absolute atomic E-state index is 11.6. The third kappa shape index (κ3) is 2.74. The predicted molar refractivity (Wildman–Crippen MR) is 90.4 cm³/mol. The number of hydrogen-bond donors (Lipinski definition) is 2. The molecule has 0 radical (unpaired) electrons. The van der Waals surface area contributed by atoms with E-state index in [-0.39, 0.29) is 0 Å². The highest BCUT2D eigenvalue weighted by molar-refractivity contribution is 6.04. The molecule has 0 spiro atoms. The number of aromatic amines is 1. The Morgan fingerprint density at radius 3 is 2.61 bits per heavy atom. The van der Waals surface area contributed by atoms with Crippen LogP contribution in [0.25, 0.3) is 11.0 Å². The molecule has 0 unspecified atom stereocenters. The Bertz CT molecular complexity index is 709. The van der Waals surface area contributed by atoms with Crippen molar-refractivity contribution in [1.29, 1.82) is 0 Å². The van der Waals surface area contributed by atoms with Gasteiger partial charge in [0.05, 0.1) is 16.6 Å². The van der Waals surface area contributed by atoms with E-state index in [1.165, 1.54) is 51.6 Å². The molecule has 2 fully saturated rings. The normalized spacial score (nSPS) is 25.9. The second-order valence-electron chi connectivity index (χ2n) is 6.93. The van der Waals surface area contributed by atoms with E-state index in [4.69, 9.17) is 10.7 Å². The molecular weight excluding hydrogens is 288 g/mol. The van der Waals surface area contributed by atoms with Crippen LogP contribution in [0.5, 0.6) is 0 Å². The van der Waals surface area contributed by atoms with Crippen molar-refractivity contribution < 1.29 is 4.79 Å². The first kappa shape index (κ1) is 14.7. The van der Waals surface area contributed by atoms with Gasteiger partial charge in [-0.3, -0.25) is 4.79 Å². The number of fused-ring (bicyclic) bond motifs is 1. The summed E-state index contributed by atoms with van der Waals surface area (Å²) < 4.78 is 0. The zero-order valence-corrected chi connectivity index (χ0v) is 13.4. The van der Waals surface area contributed by atoms with Gasteiger partial charge in [0, 0.05) is 12.0 Å². The number of primary amides is 1. The molecule has 1 aromatic carbocycles. The molecule has 1 aliphatic heterocycles. The van der Waals surface area contributed by atoms with E-state index in [0.29, 0.717) is 11.5 Å². The molecule has 1 aromatic heterocycles. The molecule has 0 bridgehead atoms. The zero-order valence-electron chi connectivity index (χ0n) is 13.4. The monoisotopic (exact) mass is 312 g/mol. The van der Waals surface area contributed by atoms with Gasteiger partial charge in [-0.2, -0.15) is 0 Å². The quantitative estimate of drug-likeness (QED) is 0.915. The number of imidazole rings is 1. The summed E-state index contributed by atoms with van der Waals surface area (Å²) in [5.41, 5.74) is 7.63. The Balaban J connectivity index is 1.52.